The van der Waals surface area contributed by atoms with Gasteiger partial charge in [0.05, 0.1) is 11.1 Å². The van der Waals surface area contributed by atoms with E-state index in [-0.39, 0.29) is 24.8 Å². The van der Waals surface area contributed by atoms with Crippen LogP contribution in [0.25, 0.3) is 10.9 Å². The molecule has 2 N–H and O–H groups in total. The number of rotatable bonds is 9. The van der Waals surface area contributed by atoms with Gasteiger partial charge in [0.25, 0.3) is 5.91 Å². The van der Waals surface area contributed by atoms with Gasteiger partial charge in [-0.3, -0.25) is 9.59 Å². The van der Waals surface area contributed by atoms with Crippen molar-refractivity contribution in [2.45, 2.75) is 51.9 Å². The number of carboxylic acid groups (broad SMARTS) is 1. The van der Waals surface area contributed by atoms with Crippen molar-refractivity contribution in [2.24, 2.45) is 5.92 Å². The Morgan fingerprint density at radius 2 is 2.05 bits per heavy atom. The van der Waals surface area contributed by atoms with E-state index in [1.807, 2.05) is 43.3 Å². The van der Waals surface area contributed by atoms with Crippen LogP contribution in [-0.2, 0) is 4.79 Å². The molecule has 2 atom stereocenters. The number of fused-ring (bicyclic) bond motifs is 1. The van der Waals surface area contributed by atoms with E-state index < -0.39 is 5.97 Å². The molecule has 1 saturated heterocycles. The molecule has 0 saturated carbocycles. The molecule has 1 aliphatic heterocycles. The number of amides is 1. The van der Waals surface area contributed by atoms with Crippen molar-refractivity contribution in [3.8, 4) is 0 Å². The van der Waals surface area contributed by atoms with Crippen molar-refractivity contribution in [1.29, 1.82) is 0 Å². The number of hydrogen-bond donors (Lipinski definition) is 2. The average molecular weight is 587 g/mol. The molecule has 37 heavy (non-hydrogen) atoms. The molecule has 2 unspecified atom stereocenters. The van der Waals surface area contributed by atoms with Crippen LogP contribution >= 0.6 is 27.5 Å². The quantitative estimate of drug-likeness (QED) is 0.283. The van der Waals surface area contributed by atoms with Crippen LogP contribution in [0, 0.1) is 12.8 Å². The number of piperidine rings is 1. The van der Waals surface area contributed by atoms with Gasteiger partial charge in [-0.1, -0.05) is 59.1 Å². The summed E-state index contributed by atoms with van der Waals surface area (Å²) in [6.07, 6.45) is 3.83. The summed E-state index contributed by atoms with van der Waals surface area (Å²) in [6.45, 7) is 6.35. The third kappa shape index (κ3) is 6.44. The maximum Gasteiger partial charge on any atom is 0.303 e. The van der Waals surface area contributed by atoms with Gasteiger partial charge >= 0.3 is 5.97 Å². The molecule has 2 aromatic carbocycles. The number of hydrogen-bond acceptors (Lipinski definition) is 4. The van der Waals surface area contributed by atoms with Gasteiger partial charge < -0.3 is 15.3 Å². The zero-order valence-electron chi connectivity index (χ0n) is 21.3. The fourth-order valence-corrected chi connectivity index (χ4v) is 5.94. The summed E-state index contributed by atoms with van der Waals surface area (Å²) in [4.78, 5) is 32.4. The number of pyridine rings is 1. The van der Waals surface area contributed by atoms with Crippen LogP contribution in [-0.4, -0.2) is 41.6 Å². The number of carboxylic acids is 1. The second-order valence-corrected chi connectivity index (χ2v) is 11.1. The highest BCUT2D eigenvalue weighted by Crippen LogP contribution is 2.33. The summed E-state index contributed by atoms with van der Waals surface area (Å²) < 4.78 is 0.877. The fourth-order valence-electron chi connectivity index (χ4n) is 5.28. The number of halogens is 2. The van der Waals surface area contributed by atoms with Gasteiger partial charge in [-0.2, -0.15) is 0 Å². The third-order valence-corrected chi connectivity index (χ3v) is 8.19. The zero-order chi connectivity index (χ0) is 26.5. The number of nitrogens with zero attached hydrogens (tertiary/aromatic N) is 2. The van der Waals surface area contributed by atoms with Gasteiger partial charge in [0.1, 0.15) is 5.82 Å². The highest BCUT2D eigenvalue weighted by Gasteiger charge is 2.26. The van der Waals surface area contributed by atoms with Gasteiger partial charge in [0, 0.05) is 52.4 Å². The first-order valence-electron chi connectivity index (χ1n) is 12.9. The third-order valence-electron chi connectivity index (χ3n) is 7.35. The predicted octanol–water partition coefficient (Wildman–Crippen LogP) is 6.96. The van der Waals surface area contributed by atoms with Gasteiger partial charge in [0.2, 0.25) is 0 Å². The molecule has 0 radical (unpaired) electrons. The van der Waals surface area contributed by atoms with Crippen molar-refractivity contribution in [2.75, 3.05) is 24.5 Å². The SMILES string of the molecule is CCC1CCCN(c2nc3ccc(Br)cc3c(C(=O)NCC(CCC(=O)O)c3ccccc3Cl)c2C)C1. The molecule has 196 valence electrons. The Bertz CT molecular complexity index is 1300. The largest absolute Gasteiger partial charge is 0.481 e. The number of aliphatic carboxylic acids is 1. The van der Waals surface area contributed by atoms with E-state index >= 15 is 0 Å². The van der Waals surface area contributed by atoms with Crippen molar-refractivity contribution in [1.82, 2.24) is 10.3 Å². The van der Waals surface area contributed by atoms with E-state index in [2.05, 4.69) is 33.1 Å². The molecule has 0 spiro atoms. The minimum absolute atomic E-state index is 0.00632. The Morgan fingerprint density at radius 1 is 1.27 bits per heavy atom. The van der Waals surface area contributed by atoms with Crippen molar-refractivity contribution in [3.05, 3.63) is 68.7 Å². The minimum atomic E-state index is -0.874. The second-order valence-electron chi connectivity index (χ2n) is 9.82. The predicted molar refractivity (Wildman–Crippen MR) is 153 cm³/mol. The molecule has 1 fully saturated rings. The molecule has 0 aliphatic carbocycles. The topological polar surface area (TPSA) is 82.5 Å². The minimum Gasteiger partial charge on any atom is -0.481 e. The Hall–Kier alpha value is -2.64. The van der Waals surface area contributed by atoms with E-state index in [1.165, 1.54) is 6.42 Å². The van der Waals surface area contributed by atoms with Crippen LogP contribution in [0.3, 0.4) is 0 Å². The van der Waals surface area contributed by atoms with Gasteiger partial charge in [-0.05, 0) is 61.9 Å². The van der Waals surface area contributed by atoms with Crippen LogP contribution in [0.1, 0.15) is 66.4 Å². The number of anilines is 1. The number of carbonyl (C=O) groups is 2. The van der Waals surface area contributed by atoms with E-state index in [0.29, 0.717) is 22.9 Å². The number of benzene rings is 2. The molecule has 1 aliphatic rings. The summed E-state index contributed by atoms with van der Waals surface area (Å²) in [5.41, 5.74) is 3.08. The molecule has 3 aromatic rings. The maximum absolute atomic E-state index is 13.8. The highest BCUT2D eigenvalue weighted by atomic mass is 79.9. The standard InChI is InChI=1S/C29H33BrClN3O3/c1-3-19-7-6-14-34(17-19)28-18(2)27(23-15-21(30)11-12-25(23)33-28)29(37)32-16-20(10-13-26(35)36)22-8-4-5-9-24(22)31/h4-5,8-9,11-12,15,19-20H,3,6-7,10,13-14,16-17H2,1-2H3,(H,32,37)(H,35,36). The molecular formula is C29H33BrClN3O3. The number of aromatic nitrogens is 1. The van der Waals surface area contributed by atoms with Crippen LogP contribution in [0.5, 0.6) is 0 Å². The average Bonchev–Trinajstić information content (AvgIpc) is 2.88. The van der Waals surface area contributed by atoms with E-state index in [9.17, 15) is 14.7 Å². The van der Waals surface area contributed by atoms with E-state index in [0.717, 1.165) is 58.3 Å². The lowest BCUT2D eigenvalue weighted by Crippen LogP contribution is -2.37. The highest BCUT2D eigenvalue weighted by molar-refractivity contribution is 9.10. The Morgan fingerprint density at radius 3 is 2.78 bits per heavy atom. The number of carbonyl (C=O) groups excluding carboxylic acids is 1. The lowest BCUT2D eigenvalue weighted by atomic mass is 9.93. The van der Waals surface area contributed by atoms with Gasteiger partial charge in [0.15, 0.2) is 0 Å². The molecule has 1 aromatic heterocycles. The lowest BCUT2D eigenvalue weighted by Gasteiger charge is -2.34. The molecule has 4 rings (SSSR count). The summed E-state index contributed by atoms with van der Waals surface area (Å²) in [6, 6.07) is 13.2. The summed E-state index contributed by atoms with van der Waals surface area (Å²) >= 11 is 9.99. The van der Waals surface area contributed by atoms with Gasteiger partial charge in [-0.25, -0.2) is 4.98 Å². The Balaban J connectivity index is 1.68. The molecule has 6 nitrogen and oxygen atoms in total. The first-order chi connectivity index (χ1) is 17.8. The van der Waals surface area contributed by atoms with Crippen molar-refractivity contribution in [3.63, 3.8) is 0 Å². The lowest BCUT2D eigenvalue weighted by molar-refractivity contribution is -0.137. The first-order valence-corrected chi connectivity index (χ1v) is 14.0. The summed E-state index contributed by atoms with van der Waals surface area (Å²) in [7, 11) is 0. The van der Waals surface area contributed by atoms with Crippen LogP contribution in [0.4, 0.5) is 5.82 Å². The van der Waals surface area contributed by atoms with Crippen LogP contribution in [0.2, 0.25) is 5.02 Å². The van der Waals surface area contributed by atoms with Crippen LogP contribution < -0.4 is 10.2 Å². The Kier molecular flexibility index (Phi) is 9.08. The fraction of sp³-hybridized carbons (Fsp3) is 0.414. The summed E-state index contributed by atoms with van der Waals surface area (Å²) in [5, 5.41) is 13.7. The Labute approximate surface area is 231 Å². The molecule has 0 bridgehead atoms. The summed E-state index contributed by atoms with van der Waals surface area (Å²) in [5.74, 6) is 0.201. The normalized spacial score (nSPS) is 16.5. The second kappa shape index (κ2) is 12.3. The van der Waals surface area contributed by atoms with Crippen LogP contribution in [0.15, 0.2) is 46.9 Å². The van der Waals surface area contributed by atoms with Gasteiger partial charge in [-0.15, -0.1) is 0 Å². The molecule has 1 amide bonds. The van der Waals surface area contributed by atoms with Crippen molar-refractivity contribution >= 4 is 56.1 Å². The molecule has 8 heteroatoms. The zero-order valence-corrected chi connectivity index (χ0v) is 23.6. The monoisotopic (exact) mass is 585 g/mol. The number of nitrogens with one attached hydrogen (secondary N) is 1. The molecule has 2 heterocycles. The molecular weight excluding hydrogens is 554 g/mol. The van der Waals surface area contributed by atoms with E-state index in [4.69, 9.17) is 16.6 Å². The first kappa shape index (κ1) is 27.4. The van der Waals surface area contributed by atoms with Crippen molar-refractivity contribution < 1.29 is 14.7 Å². The van der Waals surface area contributed by atoms with E-state index in [1.54, 1.807) is 6.07 Å². The maximum atomic E-state index is 13.8. The smallest absolute Gasteiger partial charge is 0.303 e.